The van der Waals surface area contributed by atoms with Crippen molar-refractivity contribution in [2.45, 2.75) is 31.7 Å². The van der Waals surface area contributed by atoms with Gasteiger partial charge < -0.3 is 9.67 Å². The number of anilines is 1. The van der Waals surface area contributed by atoms with Crippen molar-refractivity contribution < 1.29 is 9.90 Å². The van der Waals surface area contributed by atoms with Gasteiger partial charge in [0, 0.05) is 36.4 Å². The highest BCUT2D eigenvalue weighted by Gasteiger charge is 2.41. The highest BCUT2D eigenvalue weighted by Crippen LogP contribution is 2.46. The number of aryl methyl sites for hydroxylation is 1. The summed E-state index contributed by atoms with van der Waals surface area (Å²) in [6.07, 6.45) is 6.65. The Hall–Kier alpha value is -3.71. The van der Waals surface area contributed by atoms with E-state index in [-0.39, 0.29) is 24.9 Å². The molecule has 6 rings (SSSR count). The first-order valence-corrected chi connectivity index (χ1v) is 13.2. The van der Waals surface area contributed by atoms with Gasteiger partial charge in [-0.15, -0.1) is 0 Å². The van der Waals surface area contributed by atoms with Gasteiger partial charge in [-0.25, -0.2) is 5.43 Å². The predicted octanol–water partition coefficient (Wildman–Crippen LogP) is 3.78. The molecular formula is C28H28ClN7O2. The maximum atomic E-state index is 13.4. The Morgan fingerprint density at radius 1 is 1.26 bits per heavy atom. The first kappa shape index (κ1) is 24.6. The number of carbonyl (C=O) groups is 1. The van der Waals surface area contributed by atoms with Gasteiger partial charge in [0.1, 0.15) is 17.5 Å². The number of benzene rings is 1. The van der Waals surface area contributed by atoms with E-state index >= 15 is 0 Å². The Labute approximate surface area is 225 Å². The average molecular weight is 530 g/mol. The zero-order chi connectivity index (χ0) is 26.4. The number of hydrogen-bond acceptors (Lipinski definition) is 7. The number of fused-ring (bicyclic) bond motifs is 2. The van der Waals surface area contributed by atoms with Crippen LogP contribution in [0.25, 0.3) is 22.3 Å². The Morgan fingerprint density at radius 3 is 2.84 bits per heavy atom. The molecule has 0 spiro atoms. The van der Waals surface area contributed by atoms with E-state index in [0.29, 0.717) is 29.6 Å². The van der Waals surface area contributed by atoms with Gasteiger partial charge in [0.25, 0.3) is 0 Å². The topological polar surface area (TPSA) is 112 Å². The second-order valence-electron chi connectivity index (χ2n) is 10.1. The molecule has 10 heteroatoms. The van der Waals surface area contributed by atoms with Crippen LogP contribution >= 0.6 is 11.6 Å². The number of carbonyl (C=O) groups excluding carboxylic acids is 1. The van der Waals surface area contributed by atoms with E-state index < -0.39 is 0 Å². The Morgan fingerprint density at radius 2 is 2.11 bits per heavy atom. The predicted molar refractivity (Wildman–Crippen MR) is 145 cm³/mol. The molecule has 1 aromatic carbocycles. The molecule has 0 saturated heterocycles. The van der Waals surface area contributed by atoms with Gasteiger partial charge >= 0.3 is 0 Å². The zero-order valence-corrected chi connectivity index (χ0v) is 21.8. The van der Waals surface area contributed by atoms with Crippen LogP contribution in [0.4, 0.5) is 5.69 Å². The number of nitrogens with one attached hydrogen (secondary N) is 1. The molecule has 1 saturated carbocycles. The van der Waals surface area contributed by atoms with E-state index in [4.69, 9.17) is 16.7 Å². The number of aromatic nitrogens is 4. The number of ketones is 1. The molecule has 4 aromatic rings. The van der Waals surface area contributed by atoms with E-state index in [0.717, 1.165) is 58.5 Å². The lowest BCUT2D eigenvalue weighted by atomic mass is 9.89. The van der Waals surface area contributed by atoms with E-state index in [1.165, 1.54) is 0 Å². The van der Waals surface area contributed by atoms with Crippen LogP contribution in [0.3, 0.4) is 0 Å². The van der Waals surface area contributed by atoms with Crippen molar-refractivity contribution >= 4 is 34.0 Å². The number of nitrogens with zero attached hydrogens (tertiary/aromatic N) is 6. The third kappa shape index (κ3) is 4.45. The summed E-state index contributed by atoms with van der Waals surface area (Å²) in [7, 11) is 1.91. The molecular weight excluding hydrogens is 502 g/mol. The van der Waals surface area contributed by atoms with Crippen LogP contribution in [0.2, 0.25) is 5.02 Å². The fourth-order valence-electron chi connectivity index (χ4n) is 5.42. The summed E-state index contributed by atoms with van der Waals surface area (Å²) in [5.74, 6) is 0.384. The largest absolute Gasteiger partial charge is 0.395 e. The molecule has 0 amide bonds. The number of nitriles is 1. The molecule has 0 radical (unpaired) electrons. The summed E-state index contributed by atoms with van der Waals surface area (Å²) in [4.78, 5) is 17.9. The SMILES string of the molecule is Cn1cc(C#N)cc1-c1c2c(nn1Cc1ccnc3ccc(Cl)cc13)C(CC1CC1)C(=O)CN2NCCO. The second-order valence-corrected chi connectivity index (χ2v) is 10.6. The smallest absolute Gasteiger partial charge is 0.162 e. The van der Waals surface area contributed by atoms with Gasteiger partial charge in [-0.1, -0.05) is 24.4 Å². The van der Waals surface area contributed by atoms with Crippen molar-refractivity contribution in [1.82, 2.24) is 24.8 Å². The summed E-state index contributed by atoms with van der Waals surface area (Å²) in [6.45, 7) is 0.843. The van der Waals surface area contributed by atoms with Gasteiger partial charge in [0.2, 0.25) is 0 Å². The average Bonchev–Trinajstić information content (AvgIpc) is 3.55. The number of hydrogen-bond donors (Lipinski definition) is 2. The van der Waals surface area contributed by atoms with Crippen LogP contribution in [0.5, 0.6) is 0 Å². The number of halogens is 1. The Kier molecular flexibility index (Phi) is 6.40. The molecule has 38 heavy (non-hydrogen) atoms. The fraction of sp³-hybridized carbons (Fsp3) is 0.357. The maximum Gasteiger partial charge on any atom is 0.162 e. The lowest BCUT2D eigenvalue weighted by Crippen LogP contribution is -2.47. The van der Waals surface area contributed by atoms with Crippen LogP contribution in [-0.4, -0.2) is 49.9 Å². The summed E-state index contributed by atoms with van der Waals surface area (Å²) < 4.78 is 3.85. The molecule has 4 heterocycles. The zero-order valence-electron chi connectivity index (χ0n) is 21.1. The number of aliphatic hydroxyl groups excluding tert-OH is 1. The van der Waals surface area contributed by atoms with Gasteiger partial charge in [-0.2, -0.15) is 10.4 Å². The molecule has 3 aromatic heterocycles. The van der Waals surface area contributed by atoms with E-state index in [1.54, 1.807) is 12.4 Å². The van der Waals surface area contributed by atoms with Crippen LogP contribution < -0.4 is 10.4 Å². The maximum absolute atomic E-state index is 13.4. The van der Waals surface area contributed by atoms with Crippen LogP contribution in [-0.2, 0) is 18.4 Å². The lowest BCUT2D eigenvalue weighted by Gasteiger charge is -2.32. The van der Waals surface area contributed by atoms with Gasteiger partial charge in [0.05, 0.1) is 48.1 Å². The van der Waals surface area contributed by atoms with Crippen LogP contribution in [0, 0.1) is 17.2 Å². The summed E-state index contributed by atoms with van der Waals surface area (Å²) in [5, 5.41) is 27.6. The quantitative estimate of drug-likeness (QED) is 0.357. The van der Waals surface area contributed by atoms with Crippen molar-refractivity contribution in [3.05, 3.63) is 64.6 Å². The summed E-state index contributed by atoms with van der Waals surface area (Å²) in [6, 6.07) is 11.7. The minimum absolute atomic E-state index is 0.0680. The Balaban J connectivity index is 1.56. The van der Waals surface area contributed by atoms with Crippen molar-refractivity contribution in [2.24, 2.45) is 13.0 Å². The fourth-order valence-corrected chi connectivity index (χ4v) is 5.59. The monoisotopic (exact) mass is 529 g/mol. The third-order valence-corrected chi connectivity index (χ3v) is 7.66. The molecule has 194 valence electrons. The number of pyridine rings is 1. The second kappa shape index (κ2) is 9.87. The molecule has 1 atom stereocenters. The minimum Gasteiger partial charge on any atom is -0.395 e. The molecule has 0 bridgehead atoms. The first-order chi connectivity index (χ1) is 18.5. The van der Waals surface area contributed by atoms with Gasteiger partial charge in [-0.05, 0) is 48.2 Å². The van der Waals surface area contributed by atoms with Gasteiger partial charge in [0.15, 0.2) is 5.78 Å². The highest BCUT2D eigenvalue weighted by atomic mass is 35.5. The van der Waals surface area contributed by atoms with Crippen molar-refractivity contribution in [1.29, 1.82) is 5.26 Å². The number of aliphatic hydroxyl groups is 1. The molecule has 2 aliphatic rings. The molecule has 9 nitrogen and oxygen atoms in total. The number of hydrazine groups is 1. The molecule has 1 fully saturated rings. The van der Waals surface area contributed by atoms with Crippen LogP contribution in [0.1, 0.15) is 42.0 Å². The first-order valence-electron chi connectivity index (χ1n) is 12.8. The summed E-state index contributed by atoms with van der Waals surface area (Å²) >= 11 is 6.34. The Bertz CT molecular complexity index is 1580. The number of rotatable bonds is 8. The molecule has 2 N–H and O–H groups in total. The minimum atomic E-state index is -0.288. The standard InChI is InChI=1S/C28H28ClN7O2/c1-34-14-18(13-30)11-24(34)27-28-26(22(10-17-2-3-17)25(38)16-35(28)32-8-9-37)33-36(27)15-19-6-7-31-23-5-4-20(29)12-21(19)23/h4-7,11-12,14,17,22,32,37H,2-3,8-10,15-16H2,1H3. The normalized spacial score (nSPS) is 17.2. The van der Waals surface area contributed by atoms with Crippen molar-refractivity contribution in [2.75, 3.05) is 24.7 Å². The van der Waals surface area contributed by atoms with Crippen LogP contribution in [0.15, 0.2) is 42.7 Å². The molecule has 1 aliphatic carbocycles. The van der Waals surface area contributed by atoms with E-state index in [1.807, 2.05) is 51.6 Å². The third-order valence-electron chi connectivity index (χ3n) is 7.43. The number of Topliss-reactive ketones (excluding diaryl/α,β-unsaturated/α-hetero) is 1. The highest BCUT2D eigenvalue weighted by molar-refractivity contribution is 6.31. The summed E-state index contributed by atoms with van der Waals surface area (Å²) in [5.41, 5.74) is 8.79. The van der Waals surface area contributed by atoms with Crippen molar-refractivity contribution in [3.8, 4) is 17.5 Å². The van der Waals surface area contributed by atoms with E-state index in [2.05, 4.69) is 16.5 Å². The van der Waals surface area contributed by atoms with Gasteiger partial charge in [-0.3, -0.25) is 19.5 Å². The lowest BCUT2D eigenvalue weighted by molar-refractivity contribution is -0.120. The van der Waals surface area contributed by atoms with E-state index in [9.17, 15) is 15.2 Å². The molecule has 1 aliphatic heterocycles. The molecule has 1 unspecified atom stereocenters. The van der Waals surface area contributed by atoms with Crippen molar-refractivity contribution in [3.63, 3.8) is 0 Å².